The lowest BCUT2D eigenvalue weighted by Crippen LogP contribution is -2.50. The number of benzene rings is 2. The molecule has 2 heterocycles. The Morgan fingerprint density at radius 2 is 1.87 bits per heavy atom. The Labute approximate surface area is 180 Å². The molecule has 2 aromatic rings. The Balaban J connectivity index is 1.48. The molecule has 0 amide bonds. The molecular formula is C24H26F2N2O3. The van der Waals surface area contributed by atoms with Gasteiger partial charge in [-0.15, -0.1) is 0 Å². The summed E-state index contributed by atoms with van der Waals surface area (Å²) < 4.78 is 35.3. The van der Waals surface area contributed by atoms with E-state index in [-0.39, 0.29) is 24.4 Å². The molecule has 4 rings (SSSR count). The van der Waals surface area contributed by atoms with Crippen LogP contribution in [0.4, 0.5) is 14.5 Å². The average Bonchev–Trinajstić information content (AvgIpc) is 3.23. The molecule has 0 spiro atoms. The van der Waals surface area contributed by atoms with Crippen LogP contribution < -0.4 is 4.90 Å². The largest absolute Gasteiger partial charge is 0.391 e. The predicted molar refractivity (Wildman–Crippen MR) is 115 cm³/mol. The van der Waals surface area contributed by atoms with Gasteiger partial charge < -0.3 is 14.7 Å². The van der Waals surface area contributed by atoms with E-state index in [4.69, 9.17) is 4.74 Å². The van der Waals surface area contributed by atoms with Crippen LogP contribution in [-0.4, -0.2) is 61.4 Å². The fourth-order valence-electron chi connectivity index (χ4n) is 4.29. The number of aliphatic hydroxyl groups is 1. The highest BCUT2D eigenvalue weighted by atomic mass is 19.1. The van der Waals surface area contributed by atoms with Gasteiger partial charge in [-0.25, -0.2) is 8.78 Å². The van der Waals surface area contributed by atoms with E-state index in [1.165, 1.54) is 22.6 Å². The van der Waals surface area contributed by atoms with Gasteiger partial charge in [0.2, 0.25) is 5.72 Å². The number of aliphatic hydroxyl groups excluding tert-OH is 1. The third kappa shape index (κ3) is 4.39. The van der Waals surface area contributed by atoms with Gasteiger partial charge in [-0.05, 0) is 36.1 Å². The lowest BCUT2D eigenvalue weighted by atomic mass is 9.97. The molecule has 1 atom stereocenters. The number of hydrogen-bond acceptors (Lipinski definition) is 5. The Morgan fingerprint density at radius 1 is 1.13 bits per heavy atom. The number of hydrogen-bond donors (Lipinski definition) is 1. The van der Waals surface area contributed by atoms with E-state index in [0.717, 1.165) is 19.5 Å². The van der Waals surface area contributed by atoms with E-state index in [9.17, 15) is 18.7 Å². The van der Waals surface area contributed by atoms with Crippen LogP contribution >= 0.6 is 0 Å². The van der Waals surface area contributed by atoms with Gasteiger partial charge in [0, 0.05) is 37.4 Å². The summed E-state index contributed by atoms with van der Waals surface area (Å²) in [4.78, 5) is 15.1. The molecule has 31 heavy (non-hydrogen) atoms. The summed E-state index contributed by atoms with van der Waals surface area (Å²) in [6, 6.07) is 12.7. The van der Waals surface area contributed by atoms with Crippen LogP contribution in [0.5, 0.6) is 0 Å². The number of anilines is 1. The van der Waals surface area contributed by atoms with Crippen molar-refractivity contribution in [1.82, 2.24) is 4.90 Å². The zero-order valence-corrected chi connectivity index (χ0v) is 17.3. The van der Waals surface area contributed by atoms with Crippen molar-refractivity contribution in [3.8, 4) is 0 Å². The summed E-state index contributed by atoms with van der Waals surface area (Å²) in [5.74, 6) is -1.35. The van der Waals surface area contributed by atoms with Gasteiger partial charge in [0.25, 0.3) is 0 Å². The van der Waals surface area contributed by atoms with E-state index >= 15 is 0 Å². The van der Waals surface area contributed by atoms with Crippen molar-refractivity contribution < 1.29 is 23.4 Å². The van der Waals surface area contributed by atoms with Gasteiger partial charge in [-0.1, -0.05) is 36.4 Å². The fraction of sp³-hybridized carbons (Fsp3) is 0.375. The van der Waals surface area contributed by atoms with Crippen LogP contribution in [0.25, 0.3) is 5.57 Å². The molecule has 0 aliphatic carbocycles. The maximum absolute atomic E-state index is 15.0. The van der Waals surface area contributed by atoms with E-state index in [1.807, 2.05) is 24.3 Å². The molecule has 1 N–H and O–H groups in total. The molecule has 7 heteroatoms. The van der Waals surface area contributed by atoms with E-state index in [2.05, 4.69) is 17.0 Å². The number of rotatable bonds is 7. The molecular weight excluding hydrogens is 402 g/mol. The smallest absolute Gasteiger partial charge is 0.221 e. The average molecular weight is 428 g/mol. The molecule has 1 saturated heterocycles. The van der Waals surface area contributed by atoms with Gasteiger partial charge in [0.1, 0.15) is 11.6 Å². The van der Waals surface area contributed by atoms with Crippen LogP contribution in [0.2, 0.25) is 0 Å². The van der Waals surface area contributed by atoms with Crippen LogP contribution in [0.1, 0.15) is 17.5 Å². The van der Waals surface area contributed by atoms with Crippen molar-refractivity contribution >= 4 is 17.5 Å². The fourth-order valence-corrected chi connectivity index (χ4v) is 4.29. The Morgan fingerprint density at radius 3 is 2.48 bits per heavy atom. The van der Waals surface area contributed by atoms with Crippen LogP contribution in [0, 0.1) is 11.6 Å². The number of carbonyl (C=O) groups excluding carboxylic acids is 1. The summed E-state index contributed by atoms with van der Waals surface area (Å²) in [6.45, 7) is 2.12. The second-order valence-electron chi connectivity index (χ2n) is 7.92. The first-order valence-corrected chi connectivity index (χ1v) is 10.5. The molecule has 164 valence electrons. The van der Waals surface area contributed by atoms with Gasteiger partial charge >= 0.3 is 0 Å². The number of carbonyl (C=O) groups is 1. The summed E-state index contributed by atoms with van der Waals surface area (Å²) in [5.41, 5.74) is 0.485. The van der Waals surface area contributed by atoms with E-state index in [0.29, 0.717) is 24.8 Å². The van der Waals surface area contributed by atoms with Crippen molar-refractivity contribution in [2.24, 2.45) is 0 Å². The molecule has 2 aromatic carbocycles. The van der Waals surface area contributed by atoms with Crippen molar-refractivity contribution in [3.63, 3.8) is 0 Å². The number of ether oxygens (including phenoxy) is 1. The minimum atomic E-state index is -1.59. The second kappa shape index (κ2) is 9.26. The van der Waals surface area contributed by atoms with E-state index < -0.39 is 24.0 Å². The topological polar surface area (TPSA) is 53.0 Å². The van der Waals surface area contributed by atoms with Crippen molar-refractivity contribution in [1.29, 1.82) is 0 Å². The van der Waals surface area contributed by atoms with E-state index in [1.54, 1.807) is 0 Å². The maximum Gasteiger partial charge on any atom is 0.221 e. The highest BCUT2D eigenvalue weighted by Gasteiger charge is 2.42. The number of nitrogens with zero attached hydrogens (tertiary/aromatic N) is 2. The second-order valence-corrected chi connectivity index (χ2v) is 7.92. The Hall–Kier alpha value is -2.61. The SMILES string of the molecule is O=CC1(CO)OCCN1c1cc(F)c(C2=CCN(CCc3ccccc3)CC2)c(F)c1. The normalized spacial score (nSPS) is 21.9. The lowest BCUT2D eigenvalue weighted by Gasteiger charge is -2.32. The first kappa shape index (κ1) is 21.6. The molecule has 0 bridgehead atoms. The predicted octanol–water partition coefficient (Wildman–Crippen LogP) is 3.02. The first-order chi connectivity index (χ1) is 15.1. The zero-order chi connectivity index (χ0) is 21.8. The molecule has 1 fully saturated rings. The molecule has 1 unspecified atom stereocenters. The van der Waals surface area contributed by atoms with Crippen LogP contribution in [-0.2, 0) is 16.0 Å². The highest BCUT2D eigenvalue weighted by Crippen LogP contribution is 2.34. The maximum atomic E-state index is 15.0. The molecule has 0 aromatic heterocycles. The van der Waals surface area contributed by atoms with Gasteiger partial charge in [-0.2, -0.15) is 0 Å². The van der Waals surface area contributed by atoms with Crippen molar-refractivity contribution in [2.75, 3.05) is 44.3 Å². The lowest BCUT2D eigenvalue weighted by molar-refractivity contribution is -0.129. The summed E-state index contributed by atoms with van der Waals surface area (Å²) in [7, 11) is 0. The Kier molecular flexibility index (Phi) is 6.46. The van der Waals surface area contributed by atoms with Crippen molar-refractivity contribution in [3.05, 3.63) is 71.3 Å². The summed E-state index contributed by atoms with van der Waals surface area (Å²) >= 11 is 0. The van der Waals surface area contributed by atoms with Crippen molar-refractivity contribution in [2.45, 2.75) is 18.6 Å². The molecule has 2 aliphatic heterocycles. The minimum Gasteiger partial charge on any atom is -0.391 e. The molecule has 5 nitrogen and oxygen atoms in total. The first-order valence-electron chi connectivity index (χ1n) is 10.5. The highest BCUT2D eigenvalue weighted by molar-refractivity contribution is 5.74. The van der Waals surface area contributed by atoms with Gasteiger partial charge in [-0.3, -0.25) is 9.69 Å². The molecule has 0 radical (unpaired) electrons. The minimum absolute atomic E-state index is 0.0210. The number of halogens is 2. The third-order valence-electron chi connectivity index (χ3n) is 6.05. The monoisotopic (exact) mass is 428 g/mol. The summed E-state index contributed by atoms with van der Waals surface area (Å²) in [5, 5.41) is 9.59. The zero-order valence-electron chi connectivity index (χ0n) is 17.3. The quantitative estimate of drug-likeness (QED) is 0.688. The molecule has 0 saturated carbocycles. The summed E-state index contributed by atoms with van der Waals surface area (Å²) in [6.07, 6.45) is 3.85. The standard InChI is InChI=1S/C24H26F2N2O3/c25-21-14-20(28-12-13-31-24(28,16-29)17-30)15-22(26)23(21)19-7-10-27(11-8-19)9-6-18-4-2-1-3-5-18/h1-5,7,14-16,30H,6,8-13,17H2. The number of aldehydes is 1. The molecule has 2 aliphatic rings. The van der Waals surface area contributed by atoms with Crippen LogP contribution in [0.15, 0.2) is 48.5 Å². The van der Waals surface area contributed by atoms with Gasteiger partial charge in [0.05, 0.1) is 13.2 Å². The van der Waals surface area contributed by atoms with Gasteiger partial charge in [0.15, 0.2) is 6.29 Å². The third-order valence-corrected chi connectivity index (χ3v) is 6.05. The van der Waals surface area contributed by atoms with Crippen LogP contribution in [0.3, 0.4) is 0 Å². The Bertz CT molecular complexity index is 944.